The Kier molecular flexibility index (Phi) is 4.30. The van der Waals surface area contributed by atoms with Gasteiger partial charge in [0.15, 0.2) is 8.32 Å². The lowest BCUT2D eigenvalue weighted by molar-refractivity contribution is 0.263. The van der Waals surface area contributed by atoms with Crippen molar-refractivity contribution in [3.8, 4) is 0 Å². The second-order valence-electron chi connectivity index (χ2n) is 4.71. The van der Waals surface area contributed by atoms with E-state index in [0.29, 0.717) is 0 Å². The Morgan fingerprint density at radius 1 is 1.13 bits per heavy atom. The molecule has 0 fully saturated rings. The van der Waals surface area contributed by atoms with Crippen molar-refractivity contribution >= 4 is 14.4 Å². The molecule has 0 aromatic heterocycles. The minimum atomic E-state index is -1.41. The van der Waals surface area contributed by atoms with Crippen molar-refractivity contribution in [2.75, 3.05) is 0 Å². The average Bonchev–Trinajstić information content (AvgIpc) is 2.14. The predicted molar refractivity (Wildman–Crippen MR) is 69.4 cm³/mol. The maximum absolute atomic E-state index is 5.91. The summed E-state index contributed by atoms with van der Waals surface area (Å²) in [5.41, 5.74) is 1.23. The van der Waals surface area contributed by atoms with Gasteiger partial charge in [-0.05, 0) is 32.1 Å². The third-order valence-corrected chi connectivity index (χ3v) is 2.98. The van der Waals surface area contributed by atoms with Gasteiger partial charge in [-0.2, -0.15) is 0 Å². The van der Waals surface area contributed by atoms with Crippen molar-refractivity contribution in [2.24, 2.45) is 0 Å². The first-order chi connectivity index (χ1) is 6.97. The molecule has 1 nitrogen and oxygen atoms in total. The van der Waals surface area contributed by atoms with Crippen molar-refractivity contribution in [1.29, 1.82) is 0 Å². The summed E-state index contributed by atoms with van der Waals surface area (Å²) in [6, 6.07) is 10.3. The molecule has 0 aliphatic carbocycles. The summed E-state index contributed by atoms with van der Waals surface area (Å²) in [7, 11) is -1.41. The fourth-order valence-electron chi connectivity index (χ4n) is 1.41. The molecule has 0 saturated carbocycles. The quantitative estimate of drug-likeness (QED) is 0.698. The van der Waals surface area contributed by atoms with E-state index in [-0.39, 0.29) is 6.10 Å². The van der Waals surface area contributed by atoms with Crippen LogP contribution in [0.15, 0.2) is 36.4 Å². The maximum Gasteiger partial charge on any atom is 0.184 e. The minimum Gasteiger partial charge on any atom is -0.412 e. The zero-order valence-electron chi connectivity index (χ0n) is 10.0. The highest BCUT2D eigenvalue weighted by atomic mass is 28.4. The van der Waals surface area contributed by atoms with Crippen LogP contribution in [0.5, 0.6) is 0 Å². The summed E-state index contributed by atoms with van der Waals surface area (Å²) in [6.45, 7) is 8.72. The van der Waals surface area contributed by atoms with Gasteiger partial charge in [0.1, 0.15) is 0 Å². The molecule has 0 amide bonds. The highest BCUT2D eigenvalue weighted by Gasteiger charge is 2.16. The summed E-state index contributed by atoms with van der Waals surface area (Å²) >= 11 is 0. The van der Waals surface area contributed by atoms with Crippen molar-refractivity contribution in [3.63, 3.8) is 0 Å². The third-order valence-electron chi connectivity index (χ3n) is 1.90. The van der Waals surface area contributed by atoms with E-state index >= 15 is 0 Å². The van der Waals surface area contributed by atoms with E-state index in [1.165, 1.54) is 5.56 Å². The molecule has 1 rings (SSSR count). The number of hydrogen-bond donors (Lipinski definition) is 0. The normalized spacial score (nSPS) is 14.4. The van der Waals surface area contributed by atoms with E-state index in [1.54, 1.807) is 0 Å². The molecule has 0 saturated heterocycles. The molecule has 2 heteroatoms. The van der Waals surface area contributed by atoms with Crippen LogP contribution >= 0.6 is 0 Å². The van der Waals surface area contributed by atoms with Gasteiger partial charge in [-0.3, -0.25) is 0 Å². The summed E-state index contributed by atoms with van der Waals surface area (Å²) in [5.74, 6) is 0. The topological polar surface area (TPSA) is 9.23 Å². The van der Waals surface area contributed by atoms with Crippen LogP contribution in [0.4, 0.5) is 0 Å². The predicted octanol–water partition coefficient (Wildman–Crippen LogP) is 3.94. The summed E-state index contributed by atoms with van der Waals surface area (Å²) < 4.78 is 5.91. The van der Waals surface area contributed by atoms with Gasteiger partial charge in [-0.1, -0.05) is 42.5 Å². The summed E-state index contributed by atoms with van der Waals surface area (Å²) in [5, 5.41) is 0. The van der Waals surface area contributed by atoms with Crippen LogP contribution in [0, 0.1) is 0 Å². The molecule has 0 bridgehead atoms. The monoisotopic (exact) mass is 220 g/mol. The molecule has 0 aliphatic heterocycles. The molecular weight excluding hydrogens is 200 g/mol. The highest BCUT2D eigenvalue weighted by Crippen LogP contribution is 2.09. The SMILES string of the molecule is CC(/C=C/c1ccccc1)O[Si](C)(C)C. The molecule has 0 N–H and O–H groups in total. The lowest BCUT2D eigenvalue weighted by Crippen LogP contribution is -2.29. The Labute approximate surface area is 93.9 Å². The van der Waals surface area contributed by atoms with Crippen LogP contribution in [0.2, 0.25) is 19.6 Å². The Bertz CT molecular complexity index is 311. The molecule has 0 heterocycles. The largest absolute Gasteiger partial charge is 0.412 e. The summed E-state index contributed by atoms with van der Waals surface area (Å²) in [4.78, 5) is 0. The maximum atomic E-state index is 5.91. The molecule has 0 aliphatic rings. The lowest BCUT2D eigenvalue weighted by Gasteiger charge is -2.21. The number of benzene rings is 1. The Morgan fingerprint density at radius 3 is 2.27 bits per heavy atom. The van der Waals surface area contributed by atoms with Crippen molar-refractivity contribution in [3.05, 3.63) is 42.0 Å². The number of hydrogen-bond acceptors (Lipinski definition) is 1. The first kappa shape index (κ1) is 12.2. The van der Waals surface area contributed by atoms with Crippen LogP contribution in [-0.4, -0.2) is 14.4 Å². The van der Waals surface area contributed by atoms with Gasteiger partial charge in [-0.15, -0.1) is 0 Å². The van der Waals surface area contributed by atoms with Gasteiger partial charge < -0.3 is 4.43 Å². The van der Waals surface area contributed by atoms with Gasteiger partial charge >= 0.3 is 0 Å². The Morgan fingerprint density at radius 2 is 1.73 bits per heavy atom. The zero-order valence-corrected chi connectivity index (χ0v) is 11.0. The van der Waals surface area contributed by atoms with Crippen LogP contribution in [0.1, 0.15) is 12.5 Å². The van der Waals surface area contributed by atoms with E-state index in [9.17, 15) is 0 Å². The first-order valence-corrected chi connectivity index (χ1v) is 8.79. The molecule has 1 unspecified atom stereocenters. The van der Waals surface area contributed by atoms with E-state index in [4.69, 9.17) is 4.43 Å². The molecule has 1 aromatic carbocycles. The van der Waals surface area contributed by atoms with Gasteiger partial charge in [0.25, 0.3) is 0 Å². The van der Waals surface area contributed by atoms with Crippen LogP contribution in [-0.2, 0) is 4.43 Å². The van der Waals surface area contributed by atoms with E-state index < -0.39 is 8.32 Å². The van der Waals surface area contributed by atoms with Gasteiger partial charge in [-0.25, -0.2) is 0 Å². The van der Waals surface area contributed by atoms with Crippen molar-refractivity contribution < 1.29 is 4.43 Å². The summed E-state index contributed by atoms with van der Waals surface area (Å²) in [6.07, 6.45) is 4.44. The third kappa shape index (κ3) is 5.55. The van der Waals surface area contributed by atoms with Gasteiger partial charge in [0.05, 0.1) is 6.10 Å². The molecule has 1 aromatic rings. The van der Waals surface area contributed by atoms with Crippen LogP contribution < -0.4 is 0 Å². The number of rotatable bonds is 4. The van der Waals surface area contributed by atoms with Crippen LogP contribution in [0.25, 0.3) is 6.08 Å². The second kappa shape index (κ2) is 5.28. The highest BCUT2D eigenvalue weighted by molar-refractivity contribution is 6.69. The Balaban J connectivity index is 2.52. The van der Waals surface area contributed by atoms with Crippen molar-refractivity contribution in [2.45, 2.75) is 32.7 Å². The smallest absolute Gasteiger partial charge is 0.184 e. The van der Waals surface area contributed by atoms with E-state index in [2.05, 4.69) is 50.8 Å². The molecule has 0 radical (unpaired) electrons. The fourth-order valence-corrected chi connectivity index (χ4v) is 2.60. The molecule has 0 spiro atoms. The van der Waals surface area contributed by atoms with E-state index in [1.807, 2.05) is 18.2 Å². The average molecular weight is 220 g/mol. The van der Waals surface area contributed by atoms with Gasteiger partial charge in [0.2, 0.25) is 0 Å². The molecule has 82 valence electrons. The molecular formula is C13H20OSi. The molecule has 15 heavy (non-hydrogen) atoms. The Hall–Kier alpha value is -0.863. The van der Waals surface area contributed by atoms with Crippen molar-refractivity contribution in [1.82, 2.24) is 0 Å². The zero-order chi connectivity index (χ0) is 11.3. The molecule has 1 atom stereocenters. The fraction of sp³-hybridized carbons (Fsp3) is 0.385. The lowest BCUT2D eigenvalue weighted by atomic mass is 10.2. The minimum absolute atomic E-state index is 0.205. The first-order valence-electron chi connectivity index (χ1n) is 5.38. The van der Waals surface area contributed by atoms with E-state index in [0.717, 1.165) is 0 Å². The van der Waals surface area contributed by atoms with Crippen LogP contribution in [0.3, 0.4) is 0 Å². The van der Waals surface area contributed by atoms with Gasteiger partial charge in [0, 0.05) is 0 Å². The second-order valence-corrected chi connectivity index (χ2v) is 9.17. The standard InChI is InChI=1S/C13H20OSi/c1-12(14-15(2,3)4)10-11-13-8-6-5-7-9-13/h5-12H,1-4H3/b11-10+.